The highest BCUT2D eigenvalue weighted by atomic mass is 16.5. The van der Waals surface area contributed by atoms with Crippen LogP contribution in [-0.4, -0.2) is 35.7 Å². The minimum Gasteiger partial charge on any atom is -0.481 e. The van der Waals surface area contributed by atoms with Crippen LogP contribution < -0.4 is 5.32 Å². The molecule has 0 saturated carbocycles. The Balaban J connectivity index is 1.58. The smallest absolute Gasteiger partial charge is 0.310 e. The van der Waals surface area contributed by atoms with E-state index in [-0.39, 0.29) is 5.91 Å². The first-order valence-corrected chi connectivity index (χ1v) is 7.05. The quantitative estimate of drug-likeness (QED) is 0.792. The highest BCUT2D eigenvalue weighted by Gasteiger charge is 2.53. The number of aliphatic carboxylic acids is 1. The molecule has 1 amide bonds. The molecule has 1 aromatic carbocycles. The Morgan fingerprint density at radius 2 is 1.76 bits per heavy atom. The van der Waals surface area contributed by atoms with Crippen LogP contribution in [0.4, 0.5) is 0 Å². The van der Waals surface area contributed by atoms with Crippen LogP contribution in [0.15, 0.2) is 42.5 Å². The van der Waals surface area contributed by atoms with Gasteiger partial charge in [-0.05, 0) is 12.0 Å². The molecule has 2 bridgehead atoms. The van der Waals surface area contributed by atoms with Crippen LogP contribution >= 0.6 is 0 Å². The van der Waals surface area contributed by atoms with E-state index in [2.05, 4.69) is 5.32 Å². The van der Waals surface area contributed by atoms with Crippen molar-refractivity contribution < 1.29 is 19.4 Å². The van der Waals surface area contributed by atoms with Gasteiger partial charge in [-0.15, -0.1) is 0 Å². The number of carboxylic acids is 1. The lowest BCUT2D eigenvalue weighted by molar-refractivity contribution is -0.146. The average molecular weight is 287 g/mol. The number of amides is 1. The number of fused-ring (bicyclic) bond motifs is 2. The third kappa shape index (κ3) is 2.69. The molecule has 21 heavy (non-hydrogen) atoms. The Morgan fingerprint density at radius 3 is 2.43 bits per heavy atom. The van der Waals surface area contributed by atoms with Gasteiger partial charge in [0.15, 0.2) is 0 Å². The van der Waals surface area contributed by atoms with Crippen LogP contribution in [0, 0.1) is 11.8 Å². The lowest BCUT2D eigenvalue weighted by Crippen LogP contribution is -2.43. The fraction of sp³-hybridized carbons (Fsp3) is 0.375. The van der Waals surface area contributed by atoms with Gasteiger partial charge in [-0.1, -0.05) is 42.5 Å². The molecule has 2 N–H and O–H groups in total. The van der Waals surface area contributed by atoms with Gasteiger partial charge in [-0.25, -0.2) is 0 Å². The fourth-order valence-corrected chi connectivity index (χ4v) is 3.01. The third-order valence-corrected chi connectivity index (χ3v) is 4.04. The highest BCUT2D eigenvalue weighted by molar-refractivity contribution is 5.87. The Morgan fingerprint density at radius 1 is 1.10 bits per heavy atom. The summed E-state index contributed by atoms with van der Waals surface area (Å²) in [6.45, 7) is 0.493. The molecular formula is C16H17NO4. The monoisotopic (exact) mass is 287 g/mol. The number of rotatable bonds is 5. The van der Waals surface area contributed by atoms with Gasteiger partial charge in [0.2, 0.25) is 5.91 Å². The summed E-state index contributed by atoms with van der Waals surface area (Å²) in [5.41, 5.74) is 1.14. The van der Waals surface area contributed by atoms with Gasteiger partial charge >= 0.3 is 5.97 Å². The van der Waals surface area contributed by atoms with E-state index < -0.39 is 30.0 Å². The fourth-order valence-electron chi connectivity index (χ4n) is 3.01. The van der Waals surface area contributed by atoms with Gasteiger partial charge in [0.25, 0.3) is 0 Å². The van der Waals surface area contributed by atoms with Crippen LogP contribution in [-0.2, 0) is 20.7 Å². The second-order valence-corrected chi connectivity index (χ2v) is 5.37. The van der Waals surface area contributed by atoms with Gasteiger partial charge in [0.05, 0.1) is 18.1 Å². The van der Waals surface area contributed by atoms with Crippen molar-refractivity contribution in [1.29, 1.82) is 0 Å². The van der Waals surface area contributed by atoms with Gasteiger partial charge in [0, 0.05) is 6.54 Å². The van der Waals surface area contributed by atoms with E-state index in [4.69, 9.17) is 4.74 Å². The molecule has 2 aliphatic rings. The van der Waals surface area contributed by atoms with E-state index in [1.807, 2.05) is 30.3 Å². The Bertz CT molecular complexity index is 569. The zero-order valence-corrected chi connectivity index (χ0v) is 11.4. The van der Waals surface area contributed by atoms with Crippen LogP contribution in [0.3, 0.4) is 0 Å². The summed E-state index contributed by atoms with van der Waals surface area (Å²) in [6, 6.07) is 9.84. The third-order valence-electron chi connectivity index (χ3n) is 4.04. The molecule has 4 atom stereocenters. The standard InChI is InChI=1S/C16H17NO4/c18-15(17-9-8-10-4-2-1-3-5-10)13-11-6-7-12(21-11)14(13)16(19)20/h1-7,11-14H,8-9H2,(H,17,18)(H,19,20)/t11-,12-,13-,14+/m1/s1. The van der Waals surface area contributed by atoms with Crippen molar-refractivity contribution in [3.63, 3.8) is 0 Å². The number of benzene rings is 1. The van der Waals surface area contributed by atoms with Crippen LogP contribution in [0.2, 0.25) is 0 Å². The molecule has 110 valence electrons. The van der Waals surface area contributed by atoms with E-state index >= 15 is 0 Å². The van der Waals surface area contributed by atoms with Crippen molar-refractivity contribution in [2.75, 3.05) is 6.54 Å². The van der Waals surface area contributed by atoms with Crippen molar-refractivity contribution in [2.45, 2.75) is 18.6 Å². The van der Waals surface area contributed by atoms with Crippen LogP contribution in [0.25, 0.3) is 0 Å². The number of carboxylic acid groups (broad SMARTS) is 1. The molecule has 0 radical (unpaired) electrons. The largest absolute Gasteiger partial charge is 0.481 e. The topological polar surface area (TPSA) is 75.6 Å². The van der Waals surface area contributed by atoms with Gasteiger partial charge < -0.3 is 15.2 Å². The molecule has 2 heterocycles. The maximum absolute atomic E-state index is 12.3. The summed E-state index contributed by atoms with van der Waals surface area (Å²) in [4.78, 5) is 23.6. The molecule has 1 saturated heterocycles. The minimum absolute atomic E-state index is 0.241. The summed E-state index contributed by atoms with van der Waals surface area (Å²) >= 11 is 0. The van der Waals surface area contributed by atoms with Gasteiger partial charge in [0.1, 0.15) is 5.92 Å². The molecule has 0 unspecified atom stereocenters. The van der Waals surface area contributed by atoms with E-state index in [1.54, 1.807) is 12.2 Å². The first-order valence-electron chi connectivity index (χ1n) is 7.05. The van der Waals surface area contributed by atoms with Gasteiger partial charge in [-0.2, -0.15) is 0 Å². The summed E-state index contributed by atoms with van der Waals surface area (Å²) in [7, 11) is 0. The normalized spacial score (nSPS) is 29.5. The Hall–Kier alpha value is -2.14. The molecule has 2 aliphatic heterocycles. The number of hydrogen-bond donors (Lipinski definition) is 2. The molecular weight excluding hydrogens is 270 g/mol. The minimum atomic E-state index is -0.977. The molecule has 1 aromatic rings. The zero-order valence-electron chi connectivity index (χ0n) is 11.4. The zero-order chi connectivity index (χ0) is 14.8. The van der Waals surface area contributed by atoms with Crippen molar-refractivity contribution in [2.24, 2.45) is 11.8 Å². The maximum atomic E-state index is 12.3. The second-order valence-electron chi connectivity index (χ2n) is 5.37. The number of nitrogens with one attached hydrogen (secondary N) is 1. The van der Waals surface area contributed by atoms with Crippen molar-refractivity contribution in [3.8, 4) is 0 Å². The predicted octanol–water partition coefficient (Wildman–Crippen LogP) is 0.999. The number of carbonyl (C=O) groups is 2. The number of hydrogen-bond acceptors (Lipinski definition) is 3. The maximum Gasteiger partial charge on any atom is 0.310 e. The lowest BCUT2D eigenvalue weighted by atomic mass is 9.82. The molecule has 0 aromatic heterocycles. The van der Waals surface area contributed by atoms with Crippen molar-refractivity contribution in [1.82, 2.24) is 5.32 Å². The number of carbonyl (C=O) groups excluding carboxylic acids is 1. The molecule has 0 aliphatic carbocycles. The average Bonchev–Trinajstić information content (AvgIpc) is 3.08. The van der Waals surface area contributed by atoms with E-state index in [0.717, 1.165) is 12.0 Å². The number of ether oxygens (including phenoxy) is 1. The molecule has 5 nitrogen and oxygen atoms in total. The molecule has 0 spiro atoms. The van der Waals surface area contributed by atoms with Crippen molar-refractivity contribution in [3.05, 3.63) is 48.0 Å². The summed E-state index contributed by atoms with van der Waals surface area (Å²) in [5, 5.41) is 12.1. The van der Waals surface area contributed by atoms with E-state index in [9.17, 15) is 14.7 Å². The summed E-state index contributed by atoms with van der Waals surface area (Å²) in [6.07, 6.45) is 3.36. The van der Waals surface area contributed by atoms with Crippen LogP contribution in [0.1, 0.15) is 5.56 Å². The SMILES string of the molecule is O=C(O)[C@@H]1[C@H](C(=O)NCCc2ccccc2)[C@H]2C=C[C@H]1O2. The predicted molar refractivity (Wildman–Crippen MR) is 75.6 cm³/mol. The van der Waals surface area contributed by atoms with Crippen LogP contribution in [0.5, 0.6) is 0 Å². The second kappa shape index (κ2) is 5.69. The van der Waals surface area contributed by atoms with Gasteiger partial charge in [-0.3, -0.25) is 9.59 Å². The molecule has 3 rings (SSSR count). The van der Waals surface area contributed by atoms with E-state index in [0.29, 0.717) is 6.54 Å². The Labute approximate surface area is 122 Å². The molecule has 1 fully saturated rings. The van der Waals surface area contributed by atoms with Crippen molar-refractivity contribution >= 4 is 11.9 Å². The van der Waals surface area contributed by atoms with E-state index in [1.165, 1.54) is 0 Å². The summed E-state index contributed by atoms with van der Waals surface area (Å²) < 4.78 is 5.49. The highest BCUT2D eigenvalue weighted by Crippen LogP contribution is 2.39. The Kier molecular flexibility index (Phi) is 3.75. The lowest BCUT2D eigenvalue weighted by Gasteiger charge is -2.20. The first-order chi connectivity index (χ1) is 10.2. The molecule has 5 heteroatoms. The summed E-state index contributed by atoms with van der Waals surface area (Å²) in [5.74, 6) is -2.63. The first kappa shape index (κ1) is 13.8.